The molecule has 0 bridgehead atoms. The molecule has 3 aromatic rings. The molecule has 2 aliphatic rings. The number of likely N-dealkylation sites (tertiary alicyclic amines) is 2. The van der Waals surface area contributed by atoms with Crippen LogP contribution in [0.15, 0.2) is 48.7 Å². The van der Waals surface area contributed by atoms with Crippen molar-refractivity contribution in [3.63, 3.8) is 0 Å². The average molecular weight is 541 g/mol. The lowest BCUT2D eigenvalue weighted by Gasteiger charge is -2.36. The number of benzene rings is 2. The lowest BCUT2D eigenvalue weighted by atomic mass is 10.0. The van der Waals surface area contributed by atoms with Crippen LogP contribution in [0.5, 0.6) is 5.75 Å². The number of hydrogen-bond donors (Lipinski definition) is 1. The van der Waals surface area contributed by atoms with E-state index in [1.165, 1.54) is 25.9 Å². The minimum absolute atomic E-state index is 0.0390. The van der Waals surface area contributed by atoms with Crippen LogP contribution in [0, 0.1) is 11.6 Å². The van der Waals surface area contributed by atoms with E-state index in [1.807, 2.05) is 29.2 Å². The van der Waals surface area contributed by atoms with Crippen molar-refractivity contribution in [1.82, 2.24) is 14.8 Å². The summed E-state index contributed by atoms with van der Waals surface area (Å²) in [4.78, 5) is 21.8. The van der Waals surface area contributed by atoms with Gasteiger partial charge in [-0.15, -0.1) is 0 Å². The van der Waals surface area contributed by atoms with Gasteiger partial charge in [-0.1, -0.05) is 23.7 Å². The van der Waals surface area contributed by atoms with Gasteiger partial charge >= 0.3 is 0 Å². The summed E-state index contributed by atoms with van der Waals surface area (Å²) in [7, 11) is 0. The van der Waals surface area contributed by atoms with Crippen LogP contribution in [0.25, 0.3) is 11.1 Å². The van der Waals surface area contributed by atoms with Crippen LogP contribution in [0.4, 0.5) is 14.6 Å². The van der Waals surface area contributed by atoms with Gasteiger partial charge < -0.3 is 20.3 Å². The van der Waals surface area contributed by atoms with Crippen LogP contribution in [-0.4, -0.2) is 59.5 Å². The fourth-order valence-electron chi connectivity index (χ4n) is 5.32. The molecule has 2 saturated heterocycles. The summed E-state index contributed by atoms with van der Waals surface area (Å²) < 4.78 is 33.5. The zero-order valence-corrected chi connectivity index (χ0v) is 21.9. The highest BCUT2D eigenvalue weighted by Gasteiger charge is 2.28. The molecule has 0 radical (unpaired) electrons. The van der Waals surface area contributed by atoms with E-state index < -0.39 is 11.6 Å². The number of amides is 1. The quantitative estimate of drug-likeness (QED) is 0.396. The highest BCUT2D eigenvalue weighted by atomic mass is 35.5. The molecule has 3 heterocycles. The highest BCUT2D eigenvalue weighted by molar-refractivity contribution is 6.31. The summed E-state index contributed by atoms with van der Waals surface area (Å²) in [5.41, 5.74) is 8.29. The summed E-state index contributed by atoms with van der Waals surface area (Å²) in [5, 5.41) is -0.251. The normalized spacial score (nSPS) is 16.7. The number of aromatic nitrogens is 1. The van der Waals surface area contributed by atoms with Crippen molar-refractivity contribution < 1.29 is 18.3 Å². The second-order valence-corrected chi connectivity index (χ2v) is 10.2. The summed E-state index contributed by atoms with van der Waals surface area (Å²) >= 11 is 5.90. The Morgan fingerprint density at radius 1 is 1.00 bits per heavy atom. The molecule has 200 valence electrons. The van der Waals surface area contributed by atoms with E-state index in [1.54, 1.807) is 12.3 Å². The molecule has 2 fully saturated rings. The van der Waals surface area contributed by atoms with E-state index in [2.05, 4.69) is 9.88 Å². The molecule has 9 heteroatoms. The number of hydrogen-bond acceptors (Lipinski definition) is 5. The van der Waals surface area contributed by atoms with Gasteiger partial charge in [-0.25, -0.2) is 13.8 Å². The molecule has 38 heavy (non-hydrogen) atoms. The predicted molar refractivity (Wildman–Crippen MR) is 144 cm³/mol. The first-order valence-electron chi connectivity index (χ1n) is 13.0. The topological polar surface area (TPSA) is 71.7 Å². The van der Waals surface area contributed by atoms with E-state index in [4.69, 9.17) is 22.1 Å². The number of carbonyl (C=O) groups excluding carboxylic acids is 1. The van der Waals surface area contributed by atoms with Gasteiger partial charge in [0.05, 0.1) is 11.6 Å². The van der Waals surface area contributed by atoms with Gasteiger partial charge in [-0.05, 0) is 74.7 Å². The molecule has 2 aliphatic heterocycles. The first-order valence-corrected chi connectivity index (χ1v) is 13.4. The maximum Gasteiger partial charge on any atom is 0.253 e. The fraction of sp³-hybridized carbons (Fsp3) is 0.379. The van der Waals surface area contributed by atoms with Gasteiger partial charge in [-0.3, -0.25) is 4.79 Å². The number of piperidine rings is 1. The highest BCUT2D eigenvalue weighted by Crippen LogP contribution is 2.29. The van der Waals surface area contributed by atoms with Gasteiger partial charge in [0.1, 0.15) is 11.6 Å². The SMILES string of the molecule is Nc1ncc(-c2ccc(C(=O)N3CCC(N4CCCC4)CC3)cc2)cc1OCCc1c(F)ccc(F)c1Cl. The summed E-state index contributed by atoms with van der Waals surface area (Å²) in [6.45, 7) is 3.99. The Hall–Kier alpha value is -3.23. The first-order chi connectivity index (χ1) is 18.4. The van der Waals surface area contributed by atoms with Crippen molar-refractivity contribution in [2.24, 2.45) is 0 Å². The van der Waals surface area contributed by atoms with Crippen LogP contribution in [0.2, 0.25) is 5.02 Å². The third-order valence-corrected chi connectivity index (χ3v) is 7.91. The van der Waals surface area contributed by atoms with Crippen LogP contribution in [0.3, 0.4) is 0 Å². The standard InChI is InChI=1S/C29H31ClF2N4O2/c30-27-23(24(31)7-8-25(27)32)11-16-38-26-17-21(18-34-28(26)33)19-3-5-20(6-4-19)29(37)36-14-9-22(10-15-36)35-12-1-2-13-35/h3-8,17-18,22H,1-2,9-16H2,(H2,33,34). The van der Waals surface area contributed by atoms with Gasteiger partial charge in [0.15, 0.2) is 11.6 Å². The van der Waals surface area contributed by atoms with Crippen molar-refractivity contribution in [2.75, 3.05) is 38.5 Å². The Morgan fingerprint density at radius 2 is 1.68 bits per heavy atom. The predicted octanol–water partition coefficient (Wildman–Crippen LogP) is 5.58. The molecule has 1 amide bonds. The van der Waals surface area contributed by atoms with Crippen LogP contribution >= 0.6 is 11.6 Å². The maximum atomic E-state index is 14.0. The smallest absolute Gasteiger partial charge is 0.253 e. The number of pyridine rings is 1. The Bertz CT molecular complexity index is 1290. The minimum atomic E-state index is -0.681. The molecule has 2 N–H and O–H groups in total. The number of nitrogens with zero attached hydrogens (tertiary/aromatic N) is 3. The summed E-state index contributed by atoms with van der Waals surface area (Å²) in [6.07, 6.45) is 6.33. The number of anilines is 1. The molecule has 0 aliphatic carbocycles. The molecule has 6 nitrogen and oxygen atoms in total. The molecule has 0 atom stereocenters. The van der Waals surface area contributed by atoms with Crippen molar-refractivity contribution in [3.8, 4) is 16.9 Å². The molecule has 0 unspecified atom stereocenters. The van der Waals surface area contributed by atoms with Crippen molar-refractivity contribution in [2.45, 2.75) is 38.1 Å². The average Bonchev–Trinajstić information content (AvgIpc) is 3.49. The first kappa shape index (κ1) is 26.4. The molecule has 0 spiro atoms. The zero-order valence-electron chi connectivity index (χ0n) is 21.1. The number of nitrogens with two attached hydrogens (primary N) is 1. The monoisotopic (exact) mass is 540 g/mol. The molecule has 0 saturated carbocycles. The van der Waals surface area contributed by atoms with Crippen molar-refractivity contribution in [3.05, 3.63) is 76.4 Å². The lowest BCUT2D eigenvalue weighted by molar-refractivity contribution is 0.0644. The van der Waals surface area contributed by atoms with Crippen molar-refractivity contribution >= 4 is 23.3 Å². The van der Waals surface area contributed by atoms with E-state index in [-0.39, 0.29) is 35.3 Å². The van der Waals surface area contributed by atoms with Gasteiger partial charge in [0.2, 0.25) is 0 Å². The Morgan fingerprint density at radius 3 is 2.39 bits per heavy atom. The van der Waals surface area contributed by atoms with Gasteiger partial charge in [0.25, 0.3) is 5.91 Å². The Kier molecular flexibility index (Phi) is 8.09. The Balaban J connectivity index is 1.20. The largest absolute Gasteiger partial charge is 0.489 e. The lowest BCUT2D eigenvalue weighted by Crippen LogP contribution is -2.45. The van der Waals surface area contributed by atoms with Crippen LogP contribution in [-0.2, 0) is 6.42 Å². The number of halogens is 3. The minimum Gasteiger partial charge on any atom is -0.489 e. The Labute approximate surface area is 226 Å². The van der Waals surface area contributed by atoms with Gasteiger partial charge in [-0.2, -0.15) is 0 Å². The van der Waals surface area contributed by atoms with E-state index in [0.29, 0.717) is 17.4 Å². The number of ether oxygens (including phenoxy) is 1. The number of rotatable bonds is 7. The summed E-state index contributed by atoms with van der Waals surface area (Å²) in [6, 6.07) is 11.8. The third kappa shape index (κ3) is 5.76. The zero-order chi connectivity index (χ0) is 26.6. The second-order valence-electron chi connectivity index (χ2n) is 9.87. The van der Waals surface area contributed by atoms with E-state index >= 15 is 0 Å². The third-order valence-electron chi connectivity index (χ3n) is 7.50. The maximum absolute atomic E-state index is 14.0. The molecular formula is C29H31ClF2N4O2. The van der Waals surface area contributed by atoms with E-state index in [0.717, 1.165) is 49.2 Å². The molecule has 1 aromatic heterocycles. The fourth-order valence-corrected chi connectivity index (χ4v) is 5.57. The molecular weight excluding hydrogens is 510 g/mol. The van der Waals surface area contributed by atoms with Crippen LogP contribution < -0.4 is 10.5 Å². The second kappa shape index (κ2) is 11.7. The van der Waals surface area contributed by atoms with Crippen LogP contribution in [0.1, 0.15) is 41.6 Å². The number of nitrogen functional groups attached to an aromatic ring is 1. The van der Waals surface area contributed by atoms with E-state index in [9.17, 15) is 13.6 Å². The molecule has 2 aromatic carbocycles. The summed E-state index contributed by atoms with van der Waals surface area (Å²) in [5.74, 6) is -0.704. The number of carbonyl (C=O) groups is 1. The van der Waals surface area contributed by atoms with Gasteiger partial charge in [0, 0.05) is 48.4 Å². The van der Waals surface area contributed by atoms with Crippen molar-refractivity contribution in [1.29, 1.82) is 0 Å². The molecule has 5 rings (SSSR count).